The lowest BCUT2D eigenvalue weighted by Crippen LogP contribution is -2.58. The molecule has 0 fully saturated rings. The number of hydrogen-bond donors (Lipinski definition) is 9. The minimum absolute atomic E-state index is 0.0109. The molecule has 4 atom stereocenters. The highest BCUT2D eigenvalue weighted by Gasteiger charge is 2.31. The second-order valence-corrected chi connectivity index (χ2v) is 10.4. The Bertz CT molecular complexity index is 1200. The minimum Gasteiger partial charge on any atom is -0.508 e. The molecular formula is C27H41N9O6. The Balaban J connectivity index is 2.21. The number of aliphatic carboxylic acids is 1. The lowest BCUT2D eigenvalue weighted by molar-refractivity contribution is -0.142. The number of amides is 3. The number of H-pyrrole nitrogens is 1. The van der Waals surface area contributed by atoms with Gasteiger partial charge in [-0.1, -0.05) is 26.0 Å². The van der Waals surface area contributed by atoms with Crippen LogP contribution in [0.1, 0.15) is 44.4 Å². The maximum atomic E-state index is 13.5. The Morgan fingerprint density at radius 3 is 2.14 bits per heavy atom. The molecule has 4 unspecified atom stereocenters. The van der Waals surface area contributed by atoms with E-state index in [0.717, 1.165) is 0 Å². The number of imidazole rings is 1. The number of rotatable bonds is 17. The molecule has 0 saturated heterocycles. The second-order valence-electron chi connectivity index (χ2n) is 10.4. The lowest BCUT2D eigenvalue weighted by atomic mass is 10.0. The average molecular weight is 588 g/mol. The van der Waals surface area contributed by atoms with Crippen LogP contribution in [0.25, 0.3) is 0 Å². The molecule has 230 valence electrons. The number of nitrogens with two attached hydrogens (primary N) is 3. The van der Waals surface area contributed by atoms with Crippen LogP contribution in [0.5, 0.6) is 5.75 Å². The molecule has 15 nitrogen and oxygen atoms in total. The number of carbonyl (C=O) groups is 4. The van der Waals surface area contributed by atoms with Gasteiger partial charge in [-0.15, -0.1) is 0 Å². The number of phenols is 1. The first-order valence-electron chi connectivity index (χ1n) is 13.6. The number of nitrogens with zero attached hydrogens (tertiary/aromatic N) is 2. The number of benzene rings is 1. The molecule has 1 heterocycles. The van der Waals surface area contributed by atoms with Crippen LogP contribution in [-0.4, -0.2) is 80.5 Å². The predicted octanol–water partition coefficient (Wildman–Crippen LogP) is -1.13. The fourth-order valence-corrected chi connectivity index (χ4v) is 4.09. The van der Waals surface area contributed by atoms with Crippen LogP contribution in [0.4, 0.5) is 0 Å². The number of aromatic amines is 1. The summed E-state index contributed by atoms with van der Waals surface area (Å²) in [6.45, 7) is 3.83. The highest BCUT2D eigenvalue weighted by atomic mass is 16.4. The number of phenolic OH excluding ortho intramolecular Hbond substituents is 1. The first-order valence-corrected chi connectivity index (χ1v) is 13.6. The van der Waals surface area contributed by atoms with Crippen LogP contribution < -0.4 is 33.2 Å². The van der Waals surface area contributed by atoms with Gasteiger partial charge in [-0.05, 0) is 49.3 Å². The van der Waals surface area contributed by atoms with Crippen LogP contribution >= 0.6 is 0 Å². The van der Waals surface area contributed by atoms with Gasteiger partial charge in [0, 0.05) is 24.9 Å². The normalized spacial score (nSPS) is 13.8. The highest BCUT2D eigenvalue weighted by molar-refractivity contribution is 5.94. The smallest absolute Gasteiger partial charge is 0.326 e. The zero-order valence-corrected chi connectivity index (χ0v) is 23.7. The largest absolute Gasteiger partial charge is 0.508 e. The number of aromatic nitrogens is 2. The van der Waals surface area contributed by atoms with Crippen molar-refractivity contribution in [2.75, 3.05) is 6.54 Å². The van der Waals surface area contributed by atoms with Crippen molar-refractivity contribution >= 4 is 29.7 Å². The molecule has 1 aromatic heterocycles. The molecule has 0 bridgehead atoms. The van der Waals surface area contributed by atoms with Gasteiger partial charge in [0.2, 0.25) is 17.7 Å². The molecule has 3 amide bonds. The summed E-state index contributed by atoms with van der Waals surface area (Å²) in [5.41, 5.74) is 18.1. The van der Waals surface area contributed by atoms with Gasteiger partial charge in [0.15, 0.2) is 5.96 Å². The van der Waals surface area contributed by atoms with E-state index >= 15 is 0 Å². The molecule has 0 aliphatic carbocycles. The molecule has 0 aliphatic heterocycles. The average Bonchev–Trinajstić information content (AvgIpc) is 3.43. The zero-order valence-electron chi connectivity index (χ0n) is 23.7. The number of nitrogens with one attached hydrogen (secondary N) is 4. The van der Waals surface area contributed by atoms with Crippen molar-refractivity contribution in [3.8, 4) is 5.75 Å². The Hall–Kier alpha value is -4.66. The van der Waals surface area contributed by atoms with E-state index < -0.39 is 47.9 Å². The number of aliphatic imine (C=N–C) groups is 1. The first kappa shape index (κ1) is 33.5. The van der Waals surface area contributed by atoms with Crippen molar-refractivity contribution in [2.24, 2.45) is 28.1 Å². The third-order valence-electron chi connectivity index (χ3n) is 6.24. The number of guanidine groups is 1. The maximum absolute atomic E-state index is 13.5. The van der Waals surface area contributed by atoms with Crippen molar-refractivity contribution in [2.45, 2.75) is 70.1 Å². The molecule has 42 heavy (non-hydrogen) atoms. The SMILES string of the molecule is CC(C)CC(NC(=O)C(CCCN=C(N)N)NC(=O)C(Cc1cnc[nH]1)NC(=O)C(N)Cc1ccc(O)cc1)C(=O)O. The van der Waals surface area contributed by atoms with Crippen molar-refractivity contribution in [1.29, 1.82) is 0 Å². The summed E-state index contributed by atoms with van der Waals surface area (Å²) in [4.78, 5) is 62.1. The van der Waals surface area contributed by atoms with Gasteiger partial charge in [-0.3, -0.25) is 19.4 Å². The fraction of sp³-hybridized carbons (Fsp3) is 0.481. The van der Waals surface area contributed by atoms with Crippen molar-refractivity contribution < 1.29 is 29.4 Å². The quantitative estimate of drug-likeness (QED) is 0.0610. The molecule has 1 aromatic carbocycles. The van der Waals surface area contributed by atoms with E-state index in [2.05, 4.69) is 30.9 Å². The van der Waals surface area contributed by atoms with Gasteiger partial charge in [-0.2, -0.15) is 0 Å². The minimum atomic E-state index is -1.20. The van der Waals surface area contributed by atoms with Gasteiger partial charge in [0.1, 0.15) is 23.9 Å². The molecule has 2 aromatic rings. The molecule has 2 rings (SSSR count). The van der Waals surface area contributed by atoms with E-state index in [1.54, 1.807) is 12.1 Å². The summed E-state index contributed by atoms with van der Waals surface area (Å²) < 4.78 is 0. The topological polar surface area (TPSA) is 264 Å². The number of aromatic hydroxyl groups is 1. The lowest BCUT2D eigenvalue weighted by Gasteiger charge is -2.25. The molecule has 15 heteroatoms. The van der Waals surface area contributed by atoms with Gasteiger partial charge < -0.3 is 48.3 Å². The highest BCUT2D eigenvalue weighted by Crippen LogP contribution is 2.12. The Morgan fingerprint density at radius 2 is 1.57 bits per heavy atom. The summed E-state index contributed by atoms with van der Waals surface area (Å²) >= 11 is 0. The monoisotopic (exact) mass is 587 g/mol. The molecule has 0 saturated carbocycles. The van der Waals surface area contributed by atoms with Crippen molar-refractivity contribution in [3.05, 3.63) is 48.0 Å². The number of carboxylic acid groups (broad SMARTS) is 1. The zero-order chi connectivity index (χ0) is 31.2. The number of hydrogen-bond acceptors (Lipinski definition) is 8. The molecular weight excluding hydrogens is 546 g/mol. The van der Waals surface area contributed by atoms with E-state index in [0.29, 0.717) is 17.7 Å². The van der Waals surface area contributed by atoms with Gasteiger partial charge >= 0.3 is 5.97 Å². The van der Waals surface area contributed by atoms with Crippen LogP contribution in [0.3, 0.4) is 0 Å². The predicted molar refractivity (Wildman–Crippen MR) is 155 cm³/mol. The maximum Gasteiger partial charge on any atom is 0.326 e. The molecule has 0 aliphatic rings. The Labute approximate surface area is 243 Å². The Morgan fingerprint density at radius 1 is 0.952 bits per heavy atom. The van der Waals surface area contributed by atoms with Gasteiger partial charge in [0.25, 0.3) is 0 Å². The molecule has 0 spiro atoms. The van der Waals surface area contributed by atoms with E-state index in [1.807, 2.05) is 13.8 Å². The third kappa shape index (κ3) is 11.8. The number of carboxylic acids is 1. The second kappa shape index (κ2) is 16.6. The molecule has 0 radical (unpaired) electrons. The van der Waals surface area contributed by atoms with E-state index in [9.17, 15) is 29.4 Å². The van der Waals surface area contributed by atoms with E-state index in [4.69, 9.17) is 17.2 Å². The summed E-state index contributed by atoms with van der Waals surface area (Å²) in [5.74, 6) is -3.27. The fourth-order valence-electron chi connectivity index (χ4n) is 4.09. The summed E-state index contributed by atoms with van der Waals surface area (Å²) in [6, 6.07) is 1.74. The summed E-state index contributed by atoms with van der Waals surface area (Å²) in [6.07, 6.45) is 3.65. The standard InChI is InChI=1S/C27H41N9O6/c1-15(2)10-22(26(41)42)36-24(39)20(4-3-9-32-27(29)30)34-25(40)21(12-17-13-31-14-33-17)35-23(38)19(28)11-16-5-7-18(37)8-6-16/h5-8,13-15,19-22,37H,3-4,9-12,28H2,1-2H3,(H,31,33)(H,34,40)(H,35,38)(H,36,39)(H,41,42)(H4,29,30,32). The third-order valence-corrected chi connectivity index (χ3v) is 6.24. The summed E-state index contributed by atoms with van der Waals surface area (Å²) in [7, 11) is 0. The first-order chi connectivity index (χ1) is 19.8. The van der Waals surface area contributed by atoms with E-state index in [1.165, 1.54) is 24.7 Å². The van der Waals surface area contributed by atoms with Crippen molar-refractivity contribution in [3.63, 3.8) is 0 Å². The Kier molecular flexibility index (Phi) is 13.2. The van der Waals surface area contributed by atoms with E-state index in [-0.39, 0.29) is 49.9 Å². The van der Waals surface area contributed by atoms with Crippen LogP contribution in [0, 0.1) is 5.92 Å². The number of carbonyl (C=O) groups excluding carboxylic acids is 3. The molecule has 12 N–H and O–H groups in total. The van der Waals surface area contributed by atoms with Gasteiger partial charge in [-0.25, -0.2) is 9.78 Å². The van der Waals surface area contributed by atoms with Crippen LogP contribution in [0.15, 0.2) is 41.8 Å². The van der Waals surface area contributed by atoms with Crippen LogP contribution in [0.2, 0.25) is 0 Å². The summed E-state index contributed by atoms with van der Waals surface area (Å²) in [5, 5.41) is 26.8. The van der Waals surface area contributed by atoms with Gasteiger partial charge in [0.05, 0.1) is 12.4 Å². The van der Waals surface area contributed by atoms with Crippen molar-refractivity contribution in [1.82, 2.24) is 25.9 Å². The van der Waals surface area contributed by atoms with Crippen LogP contribution in [-0.2, 0) is 32.0 Å².